The van der Waals surface area contributed by atoms with Crippen molar-refractivity contribution in [2.75, 3.05) is 0 Å². The average Bonchev–Trinajstić information content (AvgIpc) is 3.62. The van der Waals surface area contributed by atoms with E-state index in [1.165, 1.54) is 70.9 Å². The summed E-state index contributed by atoms with van der Waals surface area (Å²) < 4.78 is 6.59. The molecule has 1 heteroatoms. The van der Waals surface area contributed by atoms with Gasteiger partial charge in [-0.3, -0.25) is 0 Å². The van der Waals surface area contributed by atoms with Crippen molar-refractivity contribution in [3.8, 4) is 44.5 Å². The lowest BCUT2D eigenvalue weighted by Gasteiger charge is -2.19. The molecule has 246 valence electrons. The van der Waals surface area contributed by atoms with Gasteiger partial charge in [-0.1, -0.05) is 182 Å². The Kier molecular flexibility index (Phi) is 6.62. The predicted molar refractivity (Wildman–Crippen MR) is 225 cm³/mol. The summed E-state index contributed by atoms with van der Waals surface area (Å²) >= 11 is 0. The lowest BCUT2D eigenvalue weighted by molar-refractivity contribution is 0.670. The van der Waals surface area contributed by atoms with E-state index in [0.29, 0.717) is 0 Å². The van der Waals surface area contributed by atoms with Crippen LogP contribution in [0.15, 0.2) is 199 Å². The van der Waals surface area contributed by atoms with Crippen LogP contribution >= 0.6 is 0 Å². The van der Waals surface area contributed by atoms with Gasteiger partial charge in [0.05, 0.1) is 0 Å². The van der Waals surface area contributed by atoms with E-state index >= 15 is 0 Å². The van der Waals surface area contributed by atoms with Crippen LogP contribution in [0.4, 0.5) is 0 Å². The molecule has 0 spiro atoms. The molecule has 0 fully saturated rings. The zero-order valence-corrected chi connectivity index (χ0v) is 28.9. The highest BCUT2D eigenvalue weighted by molar-refractivity contribution is 6.25. The maximum Gasteiger partial charge on any atom is 0.143 e. The van der Waals surface area contributed by atoms with Gasteiger partial charge in [0.15, 0.2) is 0 Å². The van der Waals surface area contributed by atoms with Gasteiger partial charge in [0.2, 0.25) is 0 Å². The zero-order valence-electron chi connectivity index (χ0n) is 28.9. The maximum atomic E-state index is 6.59. The highest BCUT2D eigenvalue weighted by Gasteiger charge is 2.20. The van der Waals surface area contributed by atoms with E-state index in [-0.39, 0.29) is 0 Å². The summed E-state index contributed by atoms with van der Waals surface area (Å²) in [5, 5.41) is 12.4. The molecule has 0 aliphatic rings. The van der Waals surface area contributed by atoms with Crippen LogP contribution in [-0.4, -0.2) is 0 Å². The van der Waals surface area contributed by atoms with Crippen LogP contribution in [0.3, 0.4) is 0 Å². The van der Waals surface area contributed by atoms with Crippen LogP contribution < -0.4 is 0 Å². The summed E-state index contributed by atoms with van der Waals surface area (Å²) in [6, 6.07) is 70.4. The lowest BCUT2D eigenvalue weighted by Crippen LogP contribution is -1.92. The van der Waals surface area contributed by atoms with Crippen molar-refractivity contribution >= 4 is 65.0 Å². The molecule has 10 aromatic carbocycles. The third-order valence-electron chi connectivity index (χ3n) is 11.1. The van der Waals surface area contributed by atoms with Crippen LogP contribution in [0.2, 0.25) is 0 Å². The zero-order chi connectivity index (χ0) is 34.9. The number of hydrogen-bond donors (Lipinski definition) is 0. The predicted octanol–water partition coefficient (Wildman–Crippen LogP) is 14.9. The molecule has 11 rings (SSSR count). The monoisotopic (exact) mass is 672 g/mol. The molecule has 1 aromatic heterocycles. The summed E-state index contributed by atoms with van der Waals surface area (Å²) in [5.74, 6) is 0. The second-order valence-electron chi connectivity index (χ2n) is 13.9. The maximum absolute atomic E-state index is 6.59. The second kappa shape index (κ2) is 11.8. The van der Waals surface area contributed by atoms with Gasteiger partial charge < -0.3 is 4.42 Å². The normalized spacial score (nSPS) is 11.8. The van der Waals surface area contributed by atoms with E-state index in [4.69, 9.17) is 4.42 Å². The second-order valence-corrected chi connectivity index (χ2v) is 13.9. The van der Waals surface area contributed by atoms with Gasteiger partial charge in [0, 0.05) is 16.3 Å². The van der Waals surface area contributed by atoms with E-state index < -0.39 is 0 Å². The molecule has 0 aliphatic carbocycles. The number of hydrogen-bond acceptors (Lipinski definition) is 1. The Morgan fingerprint density at radius 2 is 0.811 bits per heavy atom. The quantitative estimate of drug-likeness (QED) is 0.134. The molecule has 1 heterocycles. The van der Waals surface area contributed by atoms with Gasteiger partial charge in [0.25, 0.3) is 0 Å². The number of rotatable bonds is 4. The molecule has 0 amide bonds. The Balaban J connectivity index is 1.12. The molecule has 11 aromatic rings. The molecule has 0 saturated heterocycles. The molecular formula is C52H32O. The summed E-state index contributed by atoms with van der Waals surface area (Å²) in [5.41, 5.74) is 11.4. The van der Waals surface area contributed by atoms with Crippen molar-refractivity contribution in [3.63, 3.8) is 0 Å². The number of benzene rings is 10. The molecule has 1 nitrogen and oxygen atoms in total. The molecule has 0 radical (unpaired) electrons. The lowest BCUT2D eigenvalue weighted by atomic mass is 9.84. The van der Waals surface area contributed by atoms with E-state index in [0.717, 1.165) is 38.6 Å². The van der Waals surface area contributed by atoms with Crippen LogP contribution in [-0.2, 0) is 0 Å². The molecule has 0 aliphatic heterocycles. The molecular weight excluding hydrogens is 641 g/mol. The minimum absolute atomic E-state index is 0.904. The van der Waals surface area contributed by atoms with Crippen molar-refractivity contribution in [1.82, 2.24) is 0 Å². The van der Waals surface area contributed by atoms with E-state index in [2.05, 4.69) is 188 Å². The minimum atomic E-state index is 0.904. The Hall–Kier alpha value is -6.96. The van der Waals surface area contributed by atoms with Gasteiger partial charge >= 0.3 is 0 Å². The average molecular weight is 673 g/mol. The molecule has 0 saturated carbocycles. The number of fused-ring (bicyclic) bond motifs is 8. The highest BCUT2D eigenvalue weighted by Crippen LogP contribution is 2.47. The van der Waals surface area contributed by atoms with Crippen LogP contribution in [0.1, 0.15) is 0 Å². The van der Waals surface area contributed by atoms with E-state index in [9.17, 15) is 0 Å². The van der Waals surface area contributed by atoms with Crippen LogP contribution in [0.5, 0.6) is 0 Å². The SMILES string of the molecule is c1ccc(-c2ccc(-c3ccc(-c4c5ccccc5c(-c5cccc6c5ccc5ccccc56)c5ccccc45)cc3)c3c2oc2ccccc23)cc1. The van der Waals surface area contributed by atoms with Crippen molar-refractivity contribution < 1.29 is 4.42 Å². The minimum Gasteiger partial charge on any atom is -0.455 e. The summed E-state index contributed by atoms with van der Waals surface area (Å²) in [7, 11) is 0. The molecule has 0 bridgehead atoms. The Bertz CT molecular complexity index is 3150. The van der Waals surface area contributed by atoms with Crippen molar-refractivity contribution in [2.45, 2.75) is 0 Å². The van der Waals surface area contributed by atoms with Crippen molar-refractivity contribution in [1.29, 1.82) is 0 Å². The van der Waals surface area contributed by atoms with Gasteiger partial charge in [-0.25, -0.2) is 0 Å². The standard InChI is InChI=1S/C52H32O/c1-2-13-33(14-3-1)39-32-31-38(51-47-21-10-11-24-48(47)53-52(39)51)35-25-27-36(28-26-35)49-43-17-6-8-19-45(43)50(46-20-9-7-18-44(46)49)42-23-12-22-40-37-16-5-4-15-34(37)29-30-41(40)42/h1-32H. The summed E-state index contributed by atoms with van der Waals surface area (Å²) in [6.07, 6.45) is 0. The number of furan rings is 1. The molecule has 53 heavy (non-hydrogen) atoms. The van der Waals surface area contributed by atoms with Gasteiger partial charge in [0.1, 0.15) is 11.2 Å². The third kappa shape index (κ3) is 4.58. The fourth-order valence-electron chi connectivity index (χ4n) is 8.72. The van der Waals surface area contributed by atoms with Gasteiger partial charge in [-0.2, -0.15) is 0 Å². The van der Waals surface area contributed by atoms with Crippen molar-refractivity contribution in [2.24, 2.45) is 0 Å². The van der Waals surface area contributed by atoms with Crippen LogP contribution in [0.25, 0.3) is 110 Å². The molecule has 0 N–H and O–H groups in total. The number of para-hydroxylation sites is 1. The highest BCUT2D eigenvalue weighted by atomic mass is 16.3. The smallest absolute Gasteiger partial charge is 0.143 e. The van der Waals surface area contributed by atoms with Gasteiger partial charge in [-0.15, -0.1) is 0 Å². The summed E-state index contributed by atoms with van der Waals surface area (Å²) in [4.78, 5) is 0. The largest absolute Gasteiger partial charge is 0.455 e. The first-order valence-electron chi connectivity index (χ1n) is 18.3. The van der Waals surface area contributed by atoms with E-state index in [1.54, 1.807) is 0 Å². The van der Waals surface area contributed by atoms with Gasteiger partial charge in [-0.05, 0) is 94.2 Å². The van der Waals surface area contributed by atoms with Crippen LogP contribution in [0, 0.1) is 0 Å². The Morgan fingerprint density at radius 1 is 0.264 bits per heavy atom. The Labute approximate surface area is 307 Å². The first kappa shape index (κ1) is 29.7. The first-order chi connectivity index (χ1) is 26.3. The molecule has 0 atom stereocenters. The third-order valence-corrected chi connectivity index (χ3v) is 11.1. The first-order valence-corrected chi connectivity index (χ1v) is 18.3. The Morgan fingerprint density at radius 3 is 1.55 bits per heavy atom. The molecule has 0 unspecified atom stereocenters. The fraction of sp³-hybridized carbons (Fsp3) is 0. The van der Waals surface area contributed by atoms with Crippen molar-refractivity contribution in [3.05, 3.63) is 194 Å². The topological polar surface area (TPSA) is 13.1 Å². The van der Waals surface area contributed by atoms with E-state index in [1.807, 2.05) is 6.07 Å². The summed E-state index contributed by atoms with van der Waals surface area (Å²) in [6.45, 7) is 0. The fourth-order valence-corrected chi connectivity index (χ4v) is 8.72.